The SMILES string of the molecule is CCNC(=NCc1ccccc1Cl)NC1C2CCOC2C12CCC2. The molecule has 24 heavy (non-hydrogen) atoms. The van der Waals surface area contributed by atoms with Crippen molar-refractivity contribution < 1.29 is 4.74 Å². The first-order chi connectivity index (χ1) is 11.7. The predicted molar refractivity (Wildman–Crippen MR) is 97.3 cm³/mol. The Morgan fingerprint density at radius 3 is 2.92 bits per heavy atom. The molecule has 5 heteroatoms. The molecule has 1 aromatic carbocycles. The topological polar surface area (TPSA) is 45.7 Å². The Balaban J connectivity index is 1.47. The van der Waals surface area contributed by atoms with Gasteiger partial charge in [-0.3, -0.25) is 0 Å². The van der Waals surface area contributed by atoms with E-state index in [0.717, 1.165) is 29.7 Å². The molecule has 0 bridgehead atoms. The number of guanidine groups is 1. The largest absolute Gasteiger partial charge is 0.377 e. The molecule has 1 spiro atoms. The molecular formula is C19H26ClN3O. The highest BCUT2D eigenvalue weighted by atomic mass is 35.5. The number of hydrogen-bond acceptors (Lipinski definition) is 2. The number of hydrogen-bond donors (Lipinski definition) is 2. The van der Waals surface area contributed by atoms with Gasteiger partial charge in [0.05, 0.1) is 12.6 Å². The summed E-state index contributed by atoms with van der Waals surface area (Å²) in [5.74, 6) is 1.55. The van der Waals surface area contributed by atoms with Gasteiger partial charge in [0, 0.05) is 35.5 Å². The fraction of sp³-hybridized carbons (Fsp3) is 0.632. The number of benzene rings is 1. The van der Waals surface area contributed by atoms with Gasteiger partial charge in [-0.1, -0.05) is 36.2 Å². The molecule has 1 heterocycles. The molecule has 3 unspecified atom stereocenters. The van der Waals surface area contributed by atoms with Crippen molar-refractivity contribution in [2.24, 2.45) is 16.3 Å². The summed E-state index contributed by atoms with van der Waals surface area (Å²) in [6, 6.07) is 8.42. The molecule has 3 atom stereocenters. The molecule has 0 radical (unpaired) electrons. The van der Waals surface area contributed by atoms with Gasteiger partial charge in [0.2, 0.25) is 0 Å². The third-order valence-electron chi connectivity index (χ3n) is 6.04. The zero-order chi connectivity index (χ0) is 16.6. The summed E-state index contributed by atoms with van der Waals surface area (Å²) < 4.78 is 6.01. The number of aliphatic imine (C=N–C) groups is 1. The van der Waals surface area contributed by atoms with E-state index >= 15 is 0 Å². The Bertz CT molecular complexity index is 629. The van der Waals surface area contributed by atoms with Gasteiger partial charge in [-0.05, 0) is 37.8 Å². The van der Waals surface area contributed by atoms with Crippen LogP contribution in [0.15, 0.2) is 29.3 Å². The molecule has 2 N–H and O–H groups in total. The second kappa shape index (κ2) is 6.57. The zero-order valence-corrected chi connectivity index (χ0v) is 15.0. The molecule has 1 saturated heterocycles. The van der Waals surface area contributed by atoms with Crippen LogP contribution in [0.2, 0.25) is 5.02 Å². The number of nitrogens with zero attached hydrogens (tertiary/aromatic N) is 1. The van der Waals surface area contributed by atoms with Crippen LogP contribution < -0.4 is 10.6 Å². The Morgan fingerprint density at radius 2 is 2.21 bits per heavy atom. The minimum atomic E-state index is 0.363. The molecule has 4 rings (SSSR count). The second-order valence-corrected chi connectivity index (χ2v) is 7.65. The molecule has 0 aromatic heterocycles. The summed E-state index contributed by atoms with van der Waals surface area (Å²) in [5, 5.41) is 7.89. The molecule has 130 valence electrons. The first-order valence-corrected chi connectivity index (χ1v) is 9.52. The molecule has 3 aliphatic rings. The van der Waals surface area contributed by atoms with Crippen molar-refractivity contribution in [3.8, 4) is 0 Å². The van der Waals surface area contributed by atoms with Gasteiger partial charge in [-0.2, -0.15) is 0 Å². The van der Waals surface area contributed by atoms with E-state index in [4.69, 9.17) is 21.3 Å². The van der Waals surface area contributed by atoms with Crippen LogP contribution in [-0.4, -0.2) is 31.3 Å². The summed E-state index contributed by atoms with van der Waals surface area (Å²) in [5.41, 5.74) is 1.42. The van der Waals surface area contributed by atoms with E-state index in [9.17, 15) is 0 Å². The van der Waals surface area contributed by atoms with E-state index in [0.29, 0.717) is 30.0 Å². The smallest absolute Gasteiger partial charge is 0.191 e. The van der Waals surface area contributed by atoms with Crippen molar-refractivity contribution in [1.82, 2.24) is 10.6 Å². The molecule has 1 aromatic rings. The highest BCUT2D eigenvalue weighted by molar-refractivity contribution is 6.31. The average Bonchev–Trinajstić information content (AvgIpc) is 2.95. The number of ether oxygens (including phenoxy) is 1. The lowest BCUT2D eigenvalue weighted by Crippen LogP contribution is -2.72. The van der Waals surface area contributed by atoms with Crippen LogP contribution in [0.3, 0.4) is 0 Å². The Kier molecular flexibility index (Phi) is 4.44. The van der Waals surface area contributed by atoms with Crippen LogP contribution in [0, 0.1) is 11.3 Å². The van der Waals surface area contributed by atoms with Crippen LogP contribution in [0.1, 0.15) is 38.2 Å². The molecule has 2 aliphatic carbocycles. The van der Waals surface area contributed by atoms with Gasteiger partial charge in [-0.15, -0.1) is 0 Å². The summed E-state index contributed by atoms with van der Waals surface area (Å²) in [7, 11) is 0. The maximum absolute atomic E-state index is 6.25. The Hall–Kier alpha value is -1.26. The number of halogens is 1. The maximum Gasteiger partial charge on any atom is 0.191 e. The minimum absolute atomic E-state index is 0.363. The van der Waals surface area contributed by atoms with Gasteiger partial charge in [0.15, 0.2) is 5.96 Å². The van der Waals surface area contributed by atoms with Crippen LogP contribution >= 0.6 is 11.6 Å². The Labute approximate surface area is 149 Å². The number of nitrogens with one attached hydrogen (secondary N) is 2. The quantitative estimate of drug-likeness (QED) is 0.648. The van der Waals surface area contributed by atoms with Gasteiger partial charge in [0.25, 0.3) is 0 Å². The van der Waals surface area contributed by atoms with Gasteiger partial charge >= 0.3 is 0 Å². The lowest BCUT2D eigenvalue weighted by molar-refractivity contribution is -0.171. The van der Waals surface area contributed by atoms with Crippen molar-refractivity contribution in [3.05, 3.63) is 34.9 Å². The van der Waals surface area contributed by atoms with Crippen molar-refractivity contribution in [1.29, 1.82) is 0 Å². The Morgan fingerprint density at radius 1 is 1.38 bits per heavy atom. The standard InChI is InChI=1S/C19H26ClN3O/c1-2-21-18(22-12-13-6-3-4-7-15(13)20)23-16-14-8-11-24-17(14)19(16)9-5-10-19/h3-4,6-7,14,16-17H,2,5,8-12H2,1H3,(H2,21,22,23). The third kappa shape index (κ3) is 2.60. The minimum Gasteiger partial charge on any atom is -0.377 e. The highest BCUT2D eigenvalue weighted by Crippen LogP contribution is 2.62. The van der Waals surface area contributed by atoms with Crippen LogP contribution in [0.4, 0.5) is 0 Å². The third-order valence-corrected chi connectivity index (χ3v) is 6.41. The summed E-state index contributed by atoms with van der Waals surface area (Å²) in [6.45, 7) is 4.48. The normalized spacial score (nSPS) is 30.4. The van der Waals surface area contributed by atoms with Crippen molar-refractivity contribution in [3.63, 3.8) is 0 Å². The summed E-state index contributed by atoms with van der Waals surface area (Å²) >= 11 is 6.25. The van der Waals surface area contributed by atoms with Gasteiger partial charge in [-0.25, -0.2) is 4.99 Å². The lowest BCUT2D eigenvalue weighted by Gasteiger charge is -2.63. The first-order valence-electron chi connectivity index (χ1n) is 9.14. The molecule has 4 nitrogen and oxygen atoms in total. The van der Waals surface area contributed by atoms with Crippen molar-refractivity contribution >= 4 is 17.6 Å². The summed E-state index contributed by atoms with van der Waals surface area (Å²) in [4.78, 5) is 4.77. The highest BCUT2D eigenvalue weighted by Gasteiger charge is 2.66. The van der Waals surface area contributed by atoms with Gasteiger partial charge < -0.3 is 15.4 Å². The maximum atomic E-state index is 6.25. The van der Waals surface area contributed by atoms with E-state index in [1.54, 1.807) is 0 Å². The van der Waals surface area contributed by atoms with Crippen LogP contribution in [-0.2, 0) is 11.3 Å². The van der Waals surface area contributed by atoms with E-state index in [1.165, 1.54) is 25.7 Å². The van der Waals surface area contributed by atoms with Crippen LogP contribution in [0.25, 0.3) is 0 Å². The van der Waals surface area contributed by atoms with Gasteiger partial charge in [0.1, 0.15) is 0 Å². The molecule has 2 saturated carbocycles. The lowest BCUT2D eigenvalue weighted by atomic mass is 9.46. The number of rotatable bonds is 4. The van der Waals surface area contributed by atoms with Crippen molar-refractivity contribution in [2.75, 3.05) is 13.2 Å². The van der Waals surface area contributed by atoms with Crippen molar-refractivity contribution in [2.45, 2.75) is 51.3 Å². The van der Waals surface area contributed by atoms with E-state index in [2.05, 4.69) is 17.6 Å². The predicted octanol–water partition coefficient (Wildman–Crippen LogP) is 3.35. The molecular weight excluding hydrogens is 322 g/mol. The fourth-order valence-electron chi connectivity index (χ4n) is 4.71. The monoisotopic (exact) mass is 347 g/mol. The molecule has 3 fully saturated rings. The zero-order valence-electron chi connectivity index (χ0n) is 14.2. The second-order valence-electron chi connectivity index (χ2n) is 7.24. The average molecular weight is 348 g/mol. The van der Waals surface area contributed by atoms with E-state index in [1.807, 2.05) is 24.3 Å². The fourth-order valence-corrected chi connectivity index (χ4v) is 4.91. The molecule has 0 amide bonds. The molecule has 1 aliphatic heterocycles. The first kappa shape index (κ1) is 16.2. The van der Waals surface area contributed by atoms with E-state index in [-0.39, 0.29) is 0 Å². The van der Waals surface area contributed by atoms with Crippen LogP contribution in [0.5, 0.6) is 0 Å². The number of fused-ring (bicyclic) bond motifs is 2. The summed E-state index contributed by atoms with van der Waals surface area (Å²) in [6.07, 6.45) is 5.56. The van der Waals surface area contributed by atoms with E-state index < -0.39 is 0 Å².